The lowest BCUT2D eigenvalue weighted by Gasteiger charge is -2.06. The molecule has 2 rings (SSSR count). The molecule has 1 aromatic heterocycles. The summed E-state index contributed by atoms with van der Waals surface area (Å²) in [5, 5.41) is 11.5. The van der Waals surface area contributed by atoms with Crippen molar-refractivity contribution in [3.8, 4) is 6.07 Å². The molecule has 0 aliphatic rings. The van der Waals surface area contributed by atoms with E-state index in [9.17, 15) is 4.79 Å². The van der Waals surface area contributed by atoms with Crippen LogP contribution in [0.5, 0.6) is 0 Å². The molecule has 0 bridgehead atoms. The highest BCUT2D eigenvalue weighted by Gasteiger charge is 2.06. The zero-order chi connectivity index (χ0) is 14.4. The van der Waals surface area contributed by atoms with Gasteiger partial charge in [0.15, 0.2) is 0 Å². The number of hydrogen-bond acceptors (Lipinski definition) is 3. The number of rotatable bonds is 4. The molecule has 0 atom stereocenters. The topological polar surface area (TPSA) is 65.8 Å². The van der Waals surface area contributed by atoms with Gasteiger partial charge in [0.05, 0.1) is 18.2 Å². The average Bonchev–Trinajstić information content (AvgIpc) is 2.47. The van der Waals surface area contributed by atoms with Crippen molar-refractivity contribution in [2.24, 2.45) is 0 Å². The summed E-state index contributed by atoms with van der Waals surface area (Å²) in [6, 6.07) is 13.0. The van der Waals surface area contributed by atoms with Gasteiger partial charge in [-0.15, -0.1) is 0 Å². The van der Waals surface area contributed by atoms with Crippen LogP contribution < -0.4 is 5.32 Å². The molecule has 0 saturated heterocycles. The number of halogens is 1. The molecule has 0 saturated carbocycles. The van der Waals surface area contributed by atoms with Gasteiger partial charge < -0.3 is 5.32 Å². The maximum absolute atomic E-state index is 12.0. The number of carbonyl (C=O) groups excluding carboxylic acids is 1. The van der Waals surface area contributed by atoms with Crippen LogP contribution in [0.2, 0.25) is 0 Å². The molecular weight excluding hydrogens is 318 g/mol. The first kappa shape index (κ1) is 14.2. The second kappa shape index (κ2) is 6.83. The van der Waals surface area contributed by atoms with Crippen LogP contribution in [0.1, 0.15) is 21.6 Å². The van der Waals surface area contributed by atoms with E-state index in [1.165, 1.54) is 0 Å². The van der Waals surface area contributed by atoms with E-state index in [4.69, 9.17) is 5.26 Å². The van der Waals surface area contributed by atoms with Gasteiger partial charge >= 0.3 is 0 Å². The molecule has 0 spiro atoms. The minimum atomic E-state index is -0.172. The largest absolute Gasteiger partial charge is 0.348 e. The summed E-state index contributed by atoms with van der Waals surface area (Å²) in [4.78, 5) is 16.0. The molecule has 1 amide bonds. The van der Waals surface area contributed by atoms with Crippen LogP contribution >= 0.6 is 15.9 Å². The smallest absolute Gasteiger partial charge is 0.251 e. The third-order valence-electron chi connectivity index (χ3n) is 2.71. The van der Waals surface area contributed by atoms with Crippen LogP contribution in [0.15, 0.2) is 47.1 Å². The Hall–Kier alpha value is -2.19. The molecule has 100 valence electrons. The lowest BCUT2D eigenvalue weighted by Crippen LogP contribution is -2.23. The summed E-state index contributed by atoms with van der Waals surface area (Å²) >= 11 is 3.36. The van der Waals surface area contributed by atoms with Crippen LogP contribution in [-0.2, 0) is 13.0 Å². The molecular formula is C15H12BrN3O. The van der Waals surface area contributed by atoms with E-state index in [2.05, 4.69) is 26.2 Å². The van der Waals surface area contributed by atoms with Crippen LogP contribution in [0, 0.1) is 11.3 Å². The Morgan fingerprint density at radius 3 is 2.75 bits per heavy atom. The monoisotopic (exact) mass is 329 g/mol. The molecule has 0 aliphatic carbocycles. The summed E-state index contributed by atoms with van der Waals surface area (Å²) < 4.78 is 1.00. The quantitative estimate of drug-likeness (QED) is 0.937. The van der Waals surface area contributed by atoms with Crippen molar-refractivity contribution in [3.63, 3.8) is 0 Å². The fourth-order valence-corrected chi connectivity index (χ4v) is 1.95. The van der Waals surface area contributed by atoms with Crippen LogP contribution in [0.3, 0.4) is 0 Å². The van der Waals surface area contributed by atoms with Gasteiger partial charge in [0.1, 0.15) is 0 Å². The Bertz CT molecular complexity index is 647. The van der Waals surface area contributed by atoms with Crippen molar-refractivity contribution >= 4 is 21.8 Å². The third kappa shape index (κ3) is 3.90. The number of aromatic nitrogens is 1. The van der Waals surface area contributed by atoms with E-state index in [1.54, 1.807) is 18.3 Å². The molecule has 0 unspecified atom stereocenters. The number of nitriles is 1. The first-order valence-electron chi connectivity index (χ1n) is 6.03. The van der Waals surface area contributed by atoms with E-state index in [1.807, 2.05) is 30.3 Å². The summed E-state index contributed by atoms with van der Waals surface area (Å²) in [5.74, 6) is -0.172. The SMILES string of the molecule is N#CCc1cc(C(=O)NCc2ccc(Br)cc2)ccn1. The van der Waals surface area contributed by atoms with Gasteiger partial charge in [-0.25, -0.2) is 0 Å². The van der Waals surface area contributed by atoms with Crippen LogP contribution in [0.4, 0.5) is 0 Å². The van der Waals surface area contributed by atoms with E-state index >= 15 is 0 Å². The fraction of sp³-hybridized carbons (Fsp3) is 0.133. The molecule has 0 fully saturated rings. The van der Waals surface area contributed by atoms with Crippen molar-refractivity contribution < 1.29 is 4.79 Å². The number of nitrogens with zero attached hydrogens (tertiary/aromatic N) is 2. The van der Waals surface area contributed by atoms with Crippen LogP contribution in [0.25, 0.3) is 0 Å². The number of pyridine rings is 1. The Balaban J connectivity index is 1.99. The highest BCUT2D eigenvalue weighted by atomic mass is 79.9. The number of carbonyl (C=O) groups is 1. The Morgan fingerprint density at radius 2 is 2.05 bits per heavy atom. The standard InChI is InChI=1S/C15H12BrN3O/c16-13-3-1-11(2-4-13)10-19-15(20)12-6-8-18-14(9-12)5-7-17/h1-4,6,8-9H,5,10H2,(H,19,20). The van der Waals surface area contributed by atoms with Crippen molar-refractivity contribution in [2.45, 2.75) is 13.0 Å². The lowest BCUT2D eigenvalue weighted by atomic mass is 10.2. The molecule has 1 N–H and O–H groups in total. The molecule has 20 heavy (non-hydrogen) atoms. The highest BCUT2D eigenvalue weighted by molar-refractivity contribution is 9.10. The second-order valence-corrected chi connectivity index (χ2v) is 5.10. The number of benzene rings is 1. The number of hydrogen-bond donors (Lipinski definition) is 1. The van der Waals surface area contributed by atoms with Crippen LogP contribution in [-0.4, -0.2) is 10.9 Å². The highest BCUT2D eigenvalue weighted by Crippen LogP contribution is 2.10. The predicted octanol–water partition coefficient (Wildman–Crippen LogP) is 2.84. The van der Waals surface area contributed by atoms with Crippen molar-refractivity contribution in [1.82, 2.24) is 10.3 Å². The first-order chi connectivity index (χ1) is 9.69. The minimum Gasteiger partial charge on any atom is -0.348 e. The molecule has 1 aromatic carbocycles. The summed E-state index contributed by atoms with van der Waals surface area (Å²) in [6.45, 7) is 0.460. The van der Waals surface area contributed by atoms with Gasteiger partial charge in [0.2, 0.25) is 0 Å². The van der Waals surface area contributed by atoms with Gasteiger partial charge in [0.25, 0.3) is 5.91 Å². The second-order valence-electron chi connectivity index (χ2n) is 4.18. The summed E-state index contributed by atoms with van der Waals surface area (Å²) in [5.41, 5.74) is 2.14. The van der Waals surface area contributed by atoms with E-state index in [0.717, 1.165) is 10.0 Å². The van der Waals surface area contributed by atoms with Gasteiger partial charge in [0, 0.05) is 22.8 Å². The fourth-order valence-electron chi connectivity index (χ4n) is 1.68. The lowest BCUT2D eigenvalue weighted by molar-refractivity contribution is 0.0950. The van der Waals surface area contributed by atoms with E-state index in [0.29, 0.717) is 17.8 Å². The summed E-state index contributed by atoms with van der Waals surface area (Å²) in [7, 11) is 0. The molecule has 2 aromatic rings. The van der Waals surface area contributed by atoms with Gasteiger partial charge in [-0.05, 0) is 29.8 Å². The normalized spacial score (nSPS) is 9.80. The molecule has 1 heterocycles. The maximum atomic E-state index is 12.0. The van der Waals surface area contributed by atoms with Gasteiger partial charge in [-0.3, -0.25) is 9.78 Å². The summed E-state index contributed by atoms with van der Waals surface area (Å²) in [6.07, 6.45) is 1.75. The molecule has 0 radical (unpaired) electrons. The Kier molecular flexibility index (Phi) is 4.85. The zero-order valence-corrected chi connectivity index (χ0v) is 12.2. The Labute approximate surface area is 125 Å². The van der Waals surface area contributed by atoms with E-state index in [-0.39, 0.29) is 12.3 Å². The Morgan fingerprint density at radius 1 is 1.30 bits per heavy atom. The van der Waals surface area contributed by atoms with Crippen molar-refractivity contribution in [2.75, 3.05) is 0 Å². The first-order valence-corrected chi connectivity index (χ1v) is 6.83. The number of nitrogens with one attached hydrogen (secondary N) is 1. The number of amides is 1. The maximum Gasteiger partial charge on any atom is 0.251 e. The van der Waals surface area contributed by atoms with Gasteiger partial charge in [-0.2, -0.15) is 5.26 Å². The molecule has 5 heteroatoms. The van der Waals surface area contributed by atoms with Gasteiger partial charge in [-0.1, -0.05) is 28.1 Å². The average molecular weight is 330 g/mol. The van der Waals surface area contributed by atoms with E-state index < -0.39 is 0 Å². The van der Waals surface area contributed by atoms with Crippen molar-refractivity contribution in [3.05, 3.63) is 63.9 Å². The zero-order valence-electron chi connectivity index (χ0n) is 10.6. The van der Waals surface area contributed by atoms with Crippen molar-refractivity contribution in [1.29, 1.82) is 5.26 Å². The predicted molar refractivity (Wildman–Crippen MR) is 78.9 cm³/mol. The molecule has 0 aliphatic heterocycles. The molecule has 4 nitrogen and oxygen atoms in total. The third-order valence-corrected chi connectivity index (χ3v) is 3.23. The minimum absolute atomic E-state index is 0.172.